The van der Waals surface area contributed by atoms with Gasteiger partial charge in [-0.2, -0.15) is 0 Å². The number of rotatable bonds is 4. The molecule has 0 saturated heterocycles. The Morgan fingerprint density at radius 1 is 1.75 bits per heavy atom. The van der Waals surface area contributed by atoms with Crippen LogP contribution in [0.15, 0.2) is 11.6 Å². The third kappa shape index (κ3) is 3.11. The minimum Gasteiger partial charge on any atom is -0.304 e. The molecule has 0 aromatic heterocycles. The van der Waals surface area contributed by atoms with Crippen LogP contribution in [0.3, 0.4) is 0 Å². The molecule has 1 heteroatoms. The normalized spacial score (nSPS) is 18.5. The van der Waals surface area contributed by atoms with Crippen molar-refractivity contribution in [2.75, 3.05) is 6.54 Å². The Balaban J connectivity index is 2.06. The molecule has 1 aliphatic rings. The molecular formula is C11H17N. The Kier molecular flexibility index (Phi) is 3.90. The predicted octanol–water partition coefficient (Wildman–Crippen LogP) is 2.10. The first-order valence-electron chi connectivity index (χ1n) is 4.70. The lowest BCUT2D eigenvalue weighted by atomic mass is 10.1. The molecule has 1 nitrogen and oxygen atoms in total. The van der Waals surface area contributed by atoms with Crippen LogP contribution in [0.1, 0.15) is 32.6 Å². The fourth-order valence-corrected chi connectivity index (χ4v) is 1.47. The average Bonchev–Trinajstić information content (AvgIpc) is 2.57. The van der Waals surface area contributed by atoms with Gasteiger partial charge in [-0.05, 0) is 39.2 Å². The van der Waals surface area contributed by atoms with Gasteiger partial charge in [-0.15, -0.1) is 6.42 Å². The van der Waals surface area contributed by atoms with Crippen molar-refractivity contribution in [1.29, 1.82) is 0 Å². The minimum absolute atomic E-state index is 0.215. The zero-order chi connectivity index (χ0) is 8.81. The van der Waals surface area contributed by atoms with E-state index in [4.69, 9.17) is 6.42 Å². The molecule has 0 spiro atoms. The highest BCUT2D eigenvalue weighted by Crippen LogP contribution is 2.19. The predicted molar refractivity (Wildman–Crippen MR) is 52.8 cm³/mol. The van der Waals surface area contributed by atoms with Crippen molar-refractivity contribution in [2.45, 2.75) is 38.6 Å². The number of terminal acetylenes is 1. The molecule has 1 atom stereocenters. The van der Waals surface area contributed by atoms with Gasteiger partial charge in [0.05, 0.1) is 6.04 Å². The fraction of sp³-hybridized carbons (Fsp3) is 0.636. The van der Waals surface area contributed by atoms with Crippen molar-refractivity contribution in [3.63, 3.8) is 0 Å². The van der Waals surface area contributed by atoms with Crippen LogP contribution >= 0.6 is 0 Å². The molecule has 0 radical (unpaired) electrons. The molecule has 66 valence electrons. The molecule has 0 amide bonds. The van der Waals surface area contributed by atoms with E-state index in [1.54, 1.807) is 5.57 Å². The summed E-state index contributed by atoms with van der Waals surface area (Å²) < 4.78 is 0. The highest BCUT2D eigenvalue weighted by atomic mass is 14.9. The lowest BCUT2D eigenvalue weighted by Gasteiger charge is -2.07. The molecular weight excluding hydrogens is 146 g/mol. The van der Waals surface area contributed by atoms with Crippen molar-refractivity contribution < 1.29 is 0 Å². The summed E-state index contributed by atoms with van der Waals surface area (Å²) in [6.45, 7) is 3.04. The van der Waals surface area contributed by atoms with Crippen LogP contribution in [0, 0.1) is 12.3 Å². The highest BCUT2D eigenvalue weighted by molar-refractivity contribution is 5.08. The molecule has 0 aliphatic heterocycles. The van der Waals surface area contributed by atoms with Crippen LogP contribution in [0.2, 0.25) is 0 Å². The molecule has 0 bridgehead atoms. The second-order valence-electron chi connectivity index (χ2n) is 3.35. The monoisotopic (exact) mass is 163 g/mol. The van der Waals surface area contributed by atoms with Crippen LogP contribution in [-0.2, 0) is 0 Å². The summed E-state index contributed by atoms with van der Waals surface area (Å²) >= 11 is 0. The molecule has 12 heavy (non-hydrogen) atoms. The van der Waals surface area contributed by atoms with E-state index in [0.29, 0.717) is 0 Å². The summed E-state index contributed by atoms with van der Waals surface area (Å²) in [5.74, 6) is 2.66. The molecule has 1 unspecified atom stereocenters. The van der Waals surface area contributed by atoms with Gasteiger partial charge in [0.1, 0.15) is 0 Å². The first-order valence-corrected chi connectivity index (χ1v) is 4.70. The van der Waals surface area contributed by atoms with Crippen LogP contribution in [-0.4, -0.2) is 12.6 Å². The van der Waals surface area contributed by atoms with E-state index in [0.717, 1.165) is 6.54 Å². The van der Waals surface area contributed by atoms with E-state index >= 15 is 0 Å². The molecule has 0 aromatic rings. The van der Waals surface area contributed by atoms with E-state index in [1.165, 1.54) is 25.7 Å². The smallest absolute Gasteiger partial charge is 0.0658 e. The Labute approximate surface area is 75.2 Å². The molecule has 1 aliphatic carbocycles. The topological polar surface area (TPSA) is 12.0 Å². The SMILES string of the molecule is C#CC(C)NCCC1=CCCC1. The lowest BCUT2D eigenvalue weighted by Crippen LogP contribution is -2.25. The van der Waals surface area contributed by atoms with E-state index in [1.807, 2.05) is 6.92 Å². The molecule has 0 heterocycles. The second-order valence-corrected chi connectivity index (χ2v) is 3.35. The maximum atomic E-state index is 5.24. The van der Waals surface area contributed by atoms with Crippen molar-refractivity contribution in [1.82, 2.24) is 5.32 Å². The molecule has 0 fully saturated rings. The summed E-state index contributed by atoms with van der Waals surface area (Å²) in [6.07, 6.45) is 12.7. The van der Waals surface area contributed by atoms with Crippen LogP contribution in [0.25, 0.3) is 0 Å². The third-order valence-corrected chi connectivity index (χ3v) is 2.28. The number of nitrogens with one attached hydrogen (secondary N) is 1. The van der Waals surface area contributed by atoms with Gasteiger partial charge in [-0.1, -0.05) is 17.6 Å². The summed E-state index contributed by atoms with van der Waals surface area (Å²) in [5, 5.41) is 3.28. The van der Waals surface area contributed by atoms with Gasteiger partial charge in [-0.3, -0.25) is 0 Å². The first kappa shape index (κ1) is 9.35. The van der Waals surface area contributed by atoms with Crippen LogP contribution < -0.4 is 5.32 Å². The largest absolute Gasteiger partial charge is 0.304 e. The van der Waals surface area contributed by atoms with E-state index in [-0.39, 0.29) is 6.04 Å². The summed E-state index contributed by atoms with van der Waals surface area (Å²) in [5.41, 5.74) is 1.60. The molecule has 0 aromatic carbocycles. The zero-order valence-electron chi connectivity index (χ0n) is 7.77. The van der Waals surface area contributed by atoms with Gasteiger partial charge in [-0.25, -0.2) is 0 Å². The van der Waals surface area contributed by atoms with Crippen molar-refractivity contribution in [3.05, 3.63) is 11.6 Å². The van der Waals surface area contributed by atoms with Crippen LogP contribution in [0.4, 0.5) is 0 Å². The second kappa shape index (κ2) is 5.00. The van der Waals surface area contributed by atoms with Crippen molar-refractivity contribution in [2.24, 2.45) is 0 Å². The average molecular weight is 163 g/mol. The molecule has 1 N–H and O–H groups in total. The van der Waals surface area contributed by atoms with Gasteiger partial charge >= 0.3 is 0 Å². The lowest BCUT2D eigenvalue weighted by molar-refractivity contribution is 0.638. The first-order chi connectivity index (χ1) is 5.83. The Morgan fingerprint density at radius 3 is 3.17 bits per heavy atom. The number of allylic oxidation sites excluding steroid dienone is 1. The van der Waals surface area contributed by atoms with Gasteiger partial charge in [0.15, 0.2) is 0 Å². The zero-order valence-corrected chi connectivity index (χ0v) is 7.77. The maximum Gasteiger partial charge on any atom is 0.0658 e. The van der Waals surface area contributed by atoms with Gasteiger partial charge in [0.25, 0.3) is 0 Å². The number of hydrogen-bond donors (Lipinski definition) is 1. The fourth-order valence-electron chi connectivity index (χ4n) is 1.47. The van der Waals surface area contributed by atoms with E-state index < -0.39 is 0 Å². The van der Waals surface area contributed by atoms with Gasteiger partial charge in [0.2, 0.25) is 0 Å². The molecule has 0 saturated carbocycles. The Hall–Kier alpha value is -0.740. The highest BCUT2D eigenvalue weighted by Gasteiger charge is 2.03. The van der Waals surface area contributed by atoms with Gasteiger partial charge in [0, 0.05) is 0 Å². The molecule has 1 rings (SSSR count). The Bertz CT molecular complexity index is 198. The quantitative estimate of drug-likeness (QED) is 0.494. The van der Waals surface area contributed by atoms with Crippen LogP contribution in [0.5, 0.6) is 0 Å². The van der Waals surface area contributed by atoms with Crippen molar-refractivity contribution >= 4 is 0 Å². The maximum absolute atomic E-state index is 5.24. The van der Waals surface area contributed by atoms with Gasteiger partial charge < -0.3 is 5.32 Å². The Morgan fingerprint density at radius 2 is 2.58 bits per heavy atom. The van der Waals surface area contributed by atoms with E-state index in [9.17, 15) is 0 Å². The standard InChI is InChI=1S/C11H17N/c1-3-10(2)12-9-8-11-6-4-5-7-11/h1,6,10,12H,4-5,7-9H2,2H3. The minimum atomic E-state index is 0.215. The van der Waals surface area contributed by atoms with E-state index in [2.05, 4.69) is 17.3 Å². The van der Waals surface area contributed by atoms with Crippen molar-refractivity contribution in [3.8, 4) is 12.3 Å². The summed E-state index contributed by atoms with van der Waals surface area (Å²) in [4.78, 5) is 0. The number of hydrogen-bond acceptors (Lipinski definition) is 1. The summed E-state index contributed by atoms with van der Waals surface area (Å²) in [6, 6.07) is 0.215. The third-order valence-electron chi connectivity index (χ3n) is 2.28. The summed E-state index contributed by atoms with van der Waals surface area (Å²) in [7, 11) is 0.